The summed E-state index contributed by atoms with van der Waals surface area (Å²) in [6, 6.07) is 13.7. The monoisotopic (exact) mass is 265 g/mol. The number of hydrogen-bond acceptors (Lipinski definition) is 1. The van der Waals surface area contributed by atoms with Crippen LogP contribution in [0.5, 0.6) is 0 Å². The molecule has 0 atom stereocenters. The number of fused-ring (bicyclic) bond motifs is 3. The first-order chi connectivity index (χ1) is 9.74. The van der Waals surface area contributed by atoms with Gasteiger partial charge in [-0.05, 0) is 43.0 Å². The van der Waals surface area contributed by atoms with Gasteiger partial charge in [-0.2, -0.15) is 0 Å². The van der Waals surface area contributed by atoms with Gasteiger partial charge in [0.15, 0.2) is 0 Å². The summed E-state index contributed by atoms with van der Waals surface area (Å²) in [7, 11) is 0. The lowest BCUT2D eigenvalue weighted by Crippen LogP contribution is -2.00. The van der Waals surface area contributed by atoms with Crippen LogP contribution in [0.1, 0.15) is 23.2 Å². The SMILES string of the molecule is O=C(O)c1ccc2c(c1)c1ccccc1n2CC1CC1. The Kier molecular flexibility index (Phi) is 2.36. The summed E-state index contributed by atoms with van der Waals surface area (Å²) >= 11 is 0. The van der Waals surface area contributed by atoms with Crippen molar-refractivity contribution in [2.45, 2.75) is 19.4 Å². The minimum absolute atomic E-state index is 0.354. The molecule has 20 heavy (non-hydrogen) atoms. The van der Waals surface area contributed by atoms with E-state index in [1.54, 1.807) is 12.1 Å². The third-order valence-corrected chi connectivity index (χ3v) is 4.16. The lowest BCUT2D eigenvalue weighted by Gasteiger charge is -2.06. The van der Waals surface area contributed by atoms with E-state index in [2.05, 4.69) is 16.7 Å². The average Bonchev–Trinajstić information content (AvgIpc) is 3.23. The van der Waals surface area contributed by atoms with Crippen LogP contribution < -0.4 is 0 Å². The van der Waals surface area contributed by atoms with Gasteiger partial charge < -0.3 is 9.67 Å². The molecule has 1 fully saturated rings. The van der Waals surface area contributed by atoms with Crippen molar-refractivity contribution in [3.8, 4) is 0 Å². The van der Waals surface area contributed by atoms with Gasteiger partial charge in [-0.25, -0.2) is 4.79 Å². The highest BCUT2D eigenvalue weighted by Crippen LogP contribution is 2.36. The summed E-state index contributed by atoms with van der Waals surface area (Å²) in [6.07, 6.45) is 2.61. The van der Waals surface area contributed by atoms with Crippen LogP contribution in [-0.4, -0.2) is 15.6 Å². The van der Waals surface area contributed by atoms with Crippen LogP contribution in [0.15, 0.2) is 42.5 Å². The van der Waals surface area contributed by atoms with Crippen molar-refractivity contribution in [3.63, 3.8) is 0 Å². The fraction of sp³-hybridized carbons (Fsp3) is 0.235. The molecule has 1 aliphatic rings. The molecule has 3 nitrogen and oxygen atoms in total. The number of nitrogens with zero attached hydrogens (tertiary/aromatic N) is 1. The maximum atomic E-state index is 11.2. The first-order valence-corrected chi connectivity index (χ1v) is 6.98. The van der Waals surface area contributed by atoms with Crippen molar-refractivity contribution in [1.82, 2.24) is 4.57 Å². The minimum Gasteiger partial charge on any atom is -0.478 e. The van der Waals surface area contributed by atoms with E-state index < -0.39 is 5.97 Å². The average molecular weight is 265 g/mol. The van der Waals surface area contributed by atoms with Gasteiger partial charge in [-0.3, -0.25) is 0 Å². The normalized spacial score (nSPS) is 15.0. The molecule has 0 unspecified atom stereocenters. The maximum absolute atomic E-state index is 11.2. The second kappa shape index (κ2) is 4.10. The zero-order chi connectivity index (χ0) is 13.7. The first-order valence-electron chi connectivity index (χ1n) is 6.98. The zero-order valence-corrected chi connectivity index (χ0v) is 11.0. The molecule has 0 spiro atoms. The molecule has 1 aliphatic carbocycles. The van der Waals surface area contributed by atoms with Crippen molar-refractivity contribution in [3.05, 3.63) is 48.0 Å². The van der Waals surface area contributed by atoms with Gasteiger partial charge in [0, 0.05) is 28.4 Å². The molecule has 100 valence electrons. The Morgan fingerprint density at radius 3 is 2.60 bits per heavy atom. The largest absolute Gasteiger partial charge is 0.478 e. The molecule has 0 aliphatic heterocycles. The zero-order valence-electron chi connectivity index (χ0n) is 11.0. The molecule has 2 aromatic carbocycles. The Morgan fingerprint density at radius 1 is 1.10 bits per heavy atom. The Bertz CT molecular complexity index is 827. The van der Waals surface area contributed by atoms with E-state index in [0.29, 0.717) is 5.56 Å². The lowest BCUT2D eigenvalue weighted by molar-refractivity contribution is 0.0697. The van der Waals surface area contributed by atoms with E-state index in [4.69, 9.17) is 0 Å². The molecule has 3 heteroatoms. The van der Waals surface area contributed by atoms with Gasteiger partial charge in [0.05, 0.1) is 5.56 Å². The van der Waals surface area contributed by atoms with Crippen molar-refractivity contribution >= 4 is 27.8 Å². The van der Waals surface area contributed by atoms with Crippen molar-refractivity contribution in [2.75, 3.05) is 0 Å². The molecular formula is C17H15NO2. The van der Waals surface area contributed by atoms with Crippen LogP contribution >= 0.6 is 0 Å². The van der Waals surface area contributed by atoms with Crippen molar-refractivity contribution in [1.29, 1.82) is 0 Å². The molecule has 0 bridgehead atoms. The molecule has 1 saturated carbocycles. The van der Waals surface area contributed by atoms with Crippen LogP contribution in [0.25, 0.3) is 21.8 Å². The highest BCUT2D eigenvalue weighted by atomic mass is 16.4. The van der Waals surface area contributed by atoms with Crippen molar-refractivity contribution in [2.24, 2.45) is 5.92 Å². The Morgan fingerprint density at radius 2 is 1.85 bits per heavy atom. The molecular weight excluding hydrogens is 250 g/mol. The summed E-state index contributed by atoms with van der Waals surface area (Å²) < 4.78 is 2.34. The van der Waals surface area contributed by atoms with E-state index >= 15 is 0 Å². The number of hydrogen-bond donors (Lipinski definition) is 1. The molecule has 1 aromatic heterocycles. The van der Waals surface area contributed by atoms with Gasteiger partial charge in [-0.15, -0.1) is 0 Å². The fourth-order valence-corrected chi connectivity index (χ4v) is 2.94. The van der Waals surface area contributed by atoms with Gasteiger partial charge in [0.1, 0.15) is 0 Å². The number of rotatable bonds is 3. The van der Waals surface area contributed by atoms with Crippen LogP contribution in [0.2, 0.25) is 0 Å². The number of carbonyl (C=O) groups is 1. The number of benzene rings is 2. The van der Waals surface area contributed by atoms with E-state index in [-0.39, 0.29) is 0 Å². The third-order valence-electron chi connectivity index (χ3n) is 4.16. The number of carboxylic acid groups (broad SMARTS) is 1. The van der Waals surface area contributed by atoms with Gasteiger partial charge in [0.2, 0.25) is 0 Å². The highest BCUT2D eigenvalue weighted by molar-refractivity contribution is 6.10. The molecule has 3 aromatic rings. The summed E-state index contributed by atoms with van der Waals surface area (Å²) in [5.74, 6) is -0.0842. The number of carboxylic acids is 1. The molecule has 0 radical (unpaired) electrons. The second-order valence-corrected chi connectivity index (χ2v) is 5.61. The number of para-hydroxylation sites is 1. The van der Waals surface area contributed by atoms with Crippen molar-refractivity contribution < 1.29 is 9.90 Å². The molecule has 4 rings (SSSR count). The summed E-state index contributed by atoms with van der Waals surface area (Å²) in [5, 5.41) is 11.4. The number of aromatic nitrogens is 1. The molecule has 0 saturated heterocycles. The van der Waals surface area contributed by atoms with E-state index in [1.165, 1.54) is 18.4 Å². The van der Waals surface area contributed by atoms with Gasteiger partial charge >= 0.3 is 5.97 Å². The Labute approximate surface area is 116 Å². The second-order valence-electron chi connectivity index (χ2n) is 5.61. The van der Waals surface area contributed by atoms with Crippen LogP contribution in [0.4, 0.5) is 0 Å². The first kappa shape index (κ1) is 11.5. The fourth-order valence-electron chi connectivity index (χ4n) is 2.94. The van der Waals surface area contributed by atoms with Crippen LogP contribution in [-0.2, 0) is 6.54 Å². The minimum atomic E-state index is -0.870. The van der Waals surface area contributed by atoms with Crippen LogP contribution in [0.3, 0.4) is 0 Å². The third kappa shape index (κ3) is 1.70. The summed E-state index contributed by atoms with van der Waals surface area (Å²) in [6.45, 7) is 1.04. The predicted molar refractivity (Wildman–Crippen MR) is 79.1 cm³/mol. The Hall–Kier alpha value is -2.29. The Balaban J connectivity index is 2.04. The van der Waals surface area contributed by atoms with E-state index in [0.717, 1.165) is 28.8 Å². The highest BCUT2D eigenvalue weighted by Gasteiger charge is 2.23. The predicted octanol–water partition coefficient (Wildman–Crippen LogP) is 3.90. The molecule has 0 amide bonds. The quantitative estimate of drug-likeness (QED) is 0.780. The van der Waals surface area contributed by atoms with Gasteiger partial charge in [-0.1, -0.05) is 18.2 Å². The van der Waals surface area contributed by atoms with Crippen LogP contribution in [0, 0.1) is 5.92 Å². The topological polar surface area (TPSA) is 42.2 Å². The molecule has 1 N–H and O–H groups in total. The summed E-state index contributed by atoms with van der Waals surface area (Å²) in [4.78, 5) is 11.2. The lowest BCUT2D eigenvalue weighted by atomic mass is 10.1. The van der Waals surface area contributed by atoms with Gasteiger partial charge in [0.25, 0.3) is 0 Å². The standard InChI is InChI=1S/C17H15NO2/c19-17(20)12-7-8-16-14(9-12)13-3-1-2-4-15(13)18(16)10-11-5-6-11/h1-4,7-9,11H,5-6,10H2,(H,19,20). The summed E-state index contributed by atoms with van der Waals surface area (Å²) in [5.41, 5.74) is 2.70. The maximum Gasteiger partial charge on any atom is 0.335 e. The molecule has 1 heterocycles. The van der Waals surface area contributed by atoms with E-state index in [1.807, 2.05) is 18.2 Å². The smallest absolute Gasteiger partial charge is 0.335 e. The van der Waals surface area contributed by atoms with E-state index in [9.17, 15) is 9.90 Å². The number of aromatic carboxylic acids is 1.